The zero-order chi connectivity index (χ0) is 20.2. The molecule has 5 N–H and O–H groups in total. The van der Waals surface area contributed by atoms with Crippen molar-refractivity contribution in [1.82, 2.24) is 10.6 Å². The number of carbonyl (C=O) groups is 4. The quantitative estimate of drug-likeness (QED) is 0.403. The minimum Gasteiger partial charge on any atom is -0.481 e. The van der Waals surface area contributed by atoms with Crippen LogP contribution in [0.25, 0.3) is 0 Å². The molecule has 0 saturated heterocycles. The molecule has 0 bridgehead atoms. The van der Waals surface area contributed by atoms with E-state index in [2.05, 4.69) is 17.6 Å². The average molecular weight is 377 g/mol. The van der Waals surface area contributed by atoms with Crippen LogP contribution in [0.4, 0.5) is 0 Å². The number of unbranched alkanes of at least 4 members (excludes halogenated alkanes) is 3. The number of rotatable bonds is 12. The third kappa shape index (κ3) is 7.89. The maximum Gasteiger partial charge on any atom is 0.309 e. The number of aliphatic carboxylic acids is 1. The van der Waals surface area contributed by atoms with Gasteiger partial charge in [0.1, 0.15) is 6.04 Å². The lowest BCUT2D eigenvalue weighted by Gasteiger charge is -2.22. The molecular weight excluding hydrogens is 350 g/mol. The van der Waals surface area contributed by atoms with Gasteiger partial charge in [0.25, 0.3) is 5.91 Å². The van der Waals surface area contributed by atoms with E-state index in [-0.39, 0.29) is 5.56 Å². The van der Waals surface area contributed by atoms with Gasteiger partial charge in [-0.1, -0.05) is 44.4 Å². The second kappa shape index (κ2) is 11.7. The van der Waals surface area contributed by atoms with Crippen LogP contribution < -0.4 is 16.4 Å². The summed E-state index contributed by atoms with van der Waals surface area (Å²) in [5, 5.41) is 14.4. The van der Waals surface area contributed by atoms with Gasteiger partial charge >= 0.3 is 5.97 Å². The fourth-order valence-corrected chi connectivity index (χ4v) is 2.58. The smallest absolute Gasteiger partial charge is 0.309 e. The van der Waals surface area contributed by atoms with Crippen LogP contribution in [0.1, 0.15) is 49.4 Å². The van der Waals surface area contributed by atoms with E-state index >= 15 is 0 Å². The summed E-state index contributed by atoms with van der Waals surface area (Å²) >= 11 is 0. The van der Waals surface area contributed by atoms with Crippen molar-refractivity contribution in [2.45, 2.75) is 45.1 Å². The molecule has 1 rings (SSSR count). The molecular formula is C19H27N3O5. The summed E-state index contributed by atoms with van der Waals surface area (Å²) < 4.78 is 0. The molecule has 1 aromatic rings. The van der Waals surface area contributed by atoms with Gasteiger partial charge in [-0.3, -0.25) is 19.2 Å². The van der Waals surface area contributed by atoms with Gasteiger partial charge in [0, 0.05) is 18.5 Å². The molecule has 8 nitrogen and oxygen atoms in total. The molecule has 3 amide bonds. The van der Waals surface area contributed by atoms with E-state index in [1.807, 2.05) is 0 Å². The summed E-state index contributed by atoms with van der Waals surface area (Å²) in [6.45, 7) is 2.51. The SMILES string of the molecule is CCCCCCNC(=O)CC(C(=O)O)C(NC(=O)c1ccccc1)C(N)=O. The minimum atomic E-state index is -1.50. The summed E-state index contributed by atoms with van der Waals surface area (Å²) in [4.78, 5) is 47.6. The van der Waals surface area contributed by atoms with Gasteiger partial charge in [-0.15, -0.1) is 0 Å². The molecule has 27 heavy (non-hydrogen) atoms. The monoisotopic (exact) mass is 377 g/mol. The maximum absolute atomic E-state index is 12.2. The number of nitrogens with one attached hydrogen (secondary N) is 2. The predicted molar refractivity (Wildman–Crippen MR) is 99.8 cm³/mol. The topological polar surface area (TPSA) is 139 Å². The second-order valence-corrected chi connectivity index (χ2v) is 6.28. The Labute approximate surface area is 158 Å². The van der Waals surface area contributed by atoms with E-state index in [9.17, 15) is 24.3 Å². The standard InChI is InChI=1S/C19H27N3O5/c1-2-3-4-8-11-21-15(23)12-14(19(26)27)16(17(20)24)22-18(25)13-9-6-5-7-10-13/h5-7,9-10,14,16H,2-4,8,11-12H2,1H3,(H2,20,24)(H,21,23)(H,22,25)(H,26,27). The number of hydrogen-bond acceptors (Lipinski definition) is 4. The molecule has 8 heteroatoms. The first-order valence-corrected chi connectivity index (χ1v) is 9.01. The Morgan fingerprint density at radius 2 is 1.74 bits per heavy atom. The van der Waals surface area contributed by atoms with Gasteiger partial charge in [0.15, 0.2) is 0 Å². The number of nitrogens with two attached hydrogens (primary N) is 1. The molecule has 0 heterocycles. The Hall–Kier alpha value is -2.90. The highest BCUT2D eigenvalue weighted by atomic mass is 16.4. The normalized spacial score (nSPS) is 12.6. The number of carboxylic acids is 1. The Bertz CT molecular complexity index is 648. The maximum atomic E-state index is 12.2. The van der Waals surface area contributed by atoms with E-state index < -0.39 is 42.1 Å². The third-order valence-electron chi connectivity index (χ3n) is 4.11. The Kier molecular flexibility index (Phi) is 9.57. The third-order valence-corrected chi connectivity index (χ3v) is 4.11. The molecule has 2 atom stereocenters. The number of primary amides is 1. The second-order valence-electron chi connectivity index (χ2n) is 6.28. The van der Waals surface area contributed by atoms with E-state index in [1.54, 1.807) is 18.2 Å². The van der Waals surface area contributed by atoms with Gasteiger partial charge in [-0.05, 0) is 18.6 Å². The first-order chi connectivity index (χ1) is 12.9. The number of amides is 3. The van der Waals surface area contributed by atoms with Gasteiger partial charge in [-0.25, -0.2) is 0 Å². The molecule has 1 aromatic carbocycles. The summed E-state index contributed by atoms with van der Waals surface area (Å²) in [5.41, 5.74) is 5.54. The van der Waals surface area contributed by atoms with Gasteiger partial charge < -0.3 is 21.5 Å². The first-order valence-electron chi connectivity index (χ1n) is 9.01. The molecule has 148 valence electrons. The number of hydrogen-bond donors (Lipinski definition) is 4. The zero-order valence-corrected chi connectivity index (χ0v) is 15.4. The highest BCUT2D eigenvalue weighted by Crippen LogP contribution is 2.12. The minimum absolute atomic E-state index is 0.258. The summed E-state index contributed by atoms with van der Waals surface area (Å²) in [5.74, 6) is -4.98. The fourth-order valence-electron chi connectivity index (χ4n) is 2.58. The van der Waals surface area contributed by atoms with E-state index in [1.165, 1.54) is 12.1 Å². The van der Waals surface area contributed by atoms with E-state index in [0.717, 1.165) is 25.7 Å². The lowest BCUT2D eigenvalue weighted by molar-refractivity contribution is -0.147. The van der Waals surface area contributed by atoms with Crippen molar-refractivity contribution in [3.05, 3.63) is 35.9 Å². The molecule has 2 unspecified atom stereocenters. The van der Waals surface area contributed by atoms with Crippen LogP contribution in [-0.2, 0) is 14.4 Å². The van der Waals surface area contributed by atoms with Crippen LogP contribution in [0.3, 0.4) is 0 Å². The van der Waals surface area contributed by atoms with Gasteiger partial charge in [0.05, 0.1) is 5.92 Å². The number of carboxylic acid groups (broad SMARTS) is 1. The van der Waals surface area contributed by atoms with Crippen LogP contribution >= 0.6 is 0 Å². The molecule has 0 spiro atoms. The van der Waals surface area contributed by atoms with Gasteiger partial charge in [0.2, 0.25) is 11.8 Å². The number of benzene rings is 1. The Balaban J connectivity index is 2.72. The molecule has 0 saturated carbocycles. The Morgan fingerprint density at radius 3 is 2.30 bits per heavy atom. The van der Waals surface area contributed by atoms with Crippen molar-refractivity contribution in [3.63, 3.8) is 0 Å². The van der Waals surface area contributed by atoms with Crippen LogP contribution in [0.2, 0.25) is 0 Å². The lowest BCUT2D eigenvalue weighted by atomic mass is 9.94. The van der Waals surface area contributed by atoms with Crippen LogP contribution in [-0.4, -0.2) is 41.4 Å². The average Bonchev–Trinajstić information content (AvgIpc) is 2.64. The predicted octanol–water partition coefficient (Wildman–Crippen LogP) is 1.06. The van der Waals surface area contributed by atoms with Crippen molar-refractivity contribution in [1.29, 1.82) is 0 Å². The summed E-state index contributed by atoms with van der Waals surface area (Å²) in [6.07, 6.45) is 3.43. The molecule has 0 aliphatic carbocycles. The van der Waals surface area contributed by atoms with Crippen molar-refractivity contribution in [2.75, 3.05) is 6.54 Å². The largest absolute Gasteiger partial charge is 0.481 e. The highest BCUT2D eigenvalue weighted by molar-refractivity contribution is 5.99. The highest BCUT2D eigenvalue weighted by Gasteiger charge is 2.35. The summed E-state index contributed by atoms with van der Waals surface area (Å²) in [6, 6.07) is 6.52. The van der Waals surface area contributed by atoms with Crippen molar-refractivity contribution in [2.24, 2.45) is 11.7 Å². The first kappa shape index (κ1) is 22.1. The fraction of sp³-hybridized carbons (Fsp3) is 0.474. The summed E-state index contributed by atoms with van der Waals surface area (Å²) in [7, 11) is 0. The van der Waals surface area contributed by atoms with Crippen LogP contribution in [0.15, 0.2) is 30.3 Å². The molecule has 0 radical (unpaired) electrons. The van der Waals surface area contributed by atoms with Crippen molar-refractivity contribution >= 4 is 23.7 Å². The molecule has 0 aromatic heterocycles. The van der Waals surface area contributed by atoms with Crippen molar-refractivity contribution in [3.8, 4) is 0 Å². The molecule has 0 aliphatic rings. The van der Waals surface area contributed by atoms with Crippen molar-refractivity contribution < 1.29 is 24.3 Å². The van der Waals surface area contributed by atoms with Gasteiger partial charge in [-0.2, -0.15) is 0 Å². The van der Waals surface area contributed by atoms with Crippen LogP contribution in [0.5, 0.6) is 0 Å². The Morgan fingerprint density at radius 1 is 1.07 bits per heavy atom. The lowest BCUT2D eigenvalue weighted by Crippen LogP contribution is -2.52. The van der Waals surface area contributed by atoms with E-state index in [0.29, 0.717) is 6.54 Å². The zero-order valence-electron chi connectivity index (χ0n) is 15.4. The molecule has 0 fully saturated rings. The van der Waals surface area contributed by atoms with E-state index in [4.69, 9.17) is 5.73 Å². The van der Waals surface area contributed by atoms with Crippen LogP contribution in [0, 0.1) is 5.92 Å². The number of carbonyl (C=O) groups excluding carboxylic acids is 3. The molecule has 0 aliphatic heterocycles.